The maximum Gasteiger partial charge on any atom is 0.0702 e. The van der Waals surface area contributed by atoms with Crippen LogP contribution >= 0.6 is 27.3 Å². The molecule has 0 fully saturated rings. The van der Waals surface area contributed by atoms with Gasteiger partial charge in [0, 0.05) is 4.88 Å². The molecule has 1 aromatic heterocycles. The highest BCUT2D eigenvalue weighted by Crippen LogP contribution is 2.30. The molecule has 0 saturated carbocycles. The molecule has 0 aliphatic rings. The Morgan fingerprint density at radius 2 is 2.38 bits per heavy atom. The molecule has 0 aliphatic carbocycles. The van der Waals surface area contributed by atoms with Crippen LogP contribution in [0, 0.1) is 0 Å². The van der Waals surface area contributed by atoms with E-state index in [2.05, 4.69) is 53.8 Å². The third-order valence-electron chi connectivity index (χ3n) is 1.78. The van der Waals surface area contributed by atoms with Gasteiger partial charge in [-0.3, -0.25) is 0 Å². The van der Waals surface area contributed by atoms with Crippen molar-refractivity contribution in [1.29, 1.82) is 0 Å². The molecule has 0 aromatic carbocycles. The fourth-order valence-corrected chi connectivity index (χ4v) is 2.80. The average molecular weight is 260 g/mol. The smallest absolute Gasteiger partial charge is 0.0702 e. The maximum absolute atomic E-state index is 3.99. The van der Waals surface area contributed by atoms with Gasteiger partial charge in [-0.25, -0.2) is 0 Å². The molecule has 0 saturated heterocycles. The minimum absolute atomic E-state index is 0.307. The van der Waals surface area contributed by atoms with Gasteiger partial charge in [0.25, 0.3) is 0 Å². The van der Waals surface area contributed by atoms with Crippen molar-refractivity contribution in [2.45, 2.75) is 19.9 Å². The summed E-state index contributed by atoms with van der Waals surface area (Å²) < 4.78 is 1.17. The van der Waals surface area contributed by atoms with Crippen molar-refractivity contribution in [2.24, 2.45) is 0 Å². The van der Waals surface area contributed by atoms with Crippen molar-refractivity contribution in [3.63, 3.8) is 0 Å². The van der Waals surface area contributed by atoms with Crippen LogP contribution in [0.25, 0.3) is 0 Å². The molecule has 0 spiro atoms. The maximum atomic E-state index is 3.99. The zero-order chi connectivity index (χ0) is 9.84. The molecule has 1 atom stereocenters. The summed E-state index contributed by atoms with van der Waals surface area (Å²) in [4.78, 5) is 1.32. The van der Waals surface area contributed by atoms with Gasteiger partial charge in [-0.15, -0.1) is 11.3 Å². The first-order valence-corrected chi connectivity index (χ1v) is 5.90. The number of hydrogen-bond donors (Lipinski definition) is 1. The Balaban J connectivity index is 2.81. The quantitative estimate of drug-likeness (QED) is 0.813. The lowest BCUT2D eigenvalue weighted by Gasteiger charge is -2.15. The second-order valence-corrected chi connectivity index (χ2v) is 5.47. The largest absolute Gasteiger partial charge is 0.306 e. The van der Waals surface area contributed by atoms with Crippen molar-refractivity contribution in [3.8, 4) is 0 Å². The van der Waals surface area contributed by atoms with E-state index in [4.69, 9.17) is 0 Å². The summed E-state index contributed by atoms with van der Waals surface area (Å²) in [5.41, 5.74) is 1.16. The topological polar surface area (TPSA) is 12.0 Å². The van der Waals surface area contributed by atoms with E-state index in [0.717, 1.165) is 12.1 Å². The summed E-state index contributed by atoms with van der Waals surface area (Å²) in [5.74, 6) is 0. The highest BCUT2D eigenvalue weighted by atomic mass is 79.9. The summed E-state index contributed by atoms with van der Waals surface area (Å²) >= 11 is 5.22. The molecule has 1 unspecified atom stereocenters. The van der Waals surface area contributed by atoms with Crippen LogP contribution in [-0.4, -0.2) is 6.54 Å². The van der Waals surface area contributed by atoms with E-state index in [1.165, 1.54) is 8.66 Å². The Labute approximate surface area is 92.0 Å². The Morgan fingerprint density at radius 3 is 2.77 bits per heavy atom. The Morgan fingerprint density at radius 1 is 1.69 bits per heavy atom. The van der Waals surface area contributed by atoms with Crippen LogP contribution in [0.2, 0.25) is 0 Å². The van der Waals surface area contributed by atoms with E-state index < -0.39 is 0 Å². The molecular weight excluding hydrogens is 246 g/mol. The fourth-order valence-electron chi connectivity index (χ4n) is 1.21. The second kappa shape index (κ2) is 4.94. The molecule has 1 aromatic rings. The Hall–Kier alpha value is -0.120. The molecule has 1 nitrogen and oxygen atoms in total. The molecule has 0 aliphatic heterocycles. The third kappa shape index (κ3) is 2.93. The lowest BCUT2D eigenvalue weighted by Crippen LogP contribution is -2.20. The van der Waals surface area contributed by atoms with Gasteiger partial charge < -0.3 is 5.32 Å². The van der Waals surface area contributed by atoms with Crippen molar-refractivity contribution in [3.05, 3.63) is 32.9 Å². The van der Waals surface area contributed by atoms with Crippen LogP contribution in [0.1, 0.15) is 24.8 Å². The van der Waals surface area contributed by atoms with Gasteiger partial charge in [-0.1, -0.05) is 19.1 Å². The SMILES string of the molecule is C=C(C)C(NCC)c1ccc(Br)s1. The standard InChI is InChI=1S/C10H14BrNS/c1-4-12-10(7(2)3)8-5-6-9(11)13-8/h5-6,10,12H,2,4H2,1,3H3. The van der Waals surface area contributed by atoms with E-state index >= 15 is 0 Å². The first-order valence-electron chi connectivity index (χ1n) is 4.29. The lowest BCUT2D eigenvalue weighted by molar-refractivity contribution is 0.630. The van der Waals surface area contributed by atoms with Crippen LogP contribution in [0.3, 0.4) is 0 Å². The van der Waals surface area contributed by atoms with Crippen LogP contribution in [-0.2, 0) is 0 Å². The minimum atomic E-state index is 0.307. The predicted octanol–water partition coefficient (Wildman–Crippen LogP) is 3.74. The van der Waals surface area contributed by atoms with Gasteiger partial charge in [0.2, 0.25) is 0 Å². The van der Waals surface area contributed by atoms with Gasteiger partial charge in [0.1, 0.15) is 0 Å². The van der Waals surface area contributed by atoms with Crippen LogP contribution in [0.4, 0.5) is 0 Å². The average Bonchev–Trinajstić information content (AvgIpc) is 2.46. The summed E-state index contributed by atoms with van der Waals surface area (Å²) in [5, 5.41) is 3.40. The predicted molar refractivity (Wildman–Crippen MR) is 63.3 cm³/mol. The monoisotopic (exact) mass is 259 g/mol. The zero-order valence-corrected chi connectivity index (χ0v) is 10.3. The van der Waals surface area contributed by atoms with Crippen molar-refractivity contribution < 1.29 is 0 Å². The molecule has 0 radical (unpaired) electrons. The molecule has 3 heteroatoms. The zero-order valence-electron chi connectivity index (χ0n) is 7.93. The van der Waals surface area contributed by atoms with Gasteiger partial charge >= 0.3 is 0 Å². The van der Waals surface area contributed by atoms with Crippen LogP contribution in [0.5, 0.6) is 0 Å². The van der Waals surface area contributed by atoms with Crippen LogP contribution in [0.15, 0.2) is 28.1 Å². The van der Waals surface area contributed by atoms with E-state index in [1.807, 2.05) is 0 Å². The summed E-state index contributed by atoms with van der Waals surface area (Å²) in [6.45, 7) is 9.12. The first kappa shape index (κ1) is 11.0. The molecule has 13 heavy (non-hydrogen) atoms. The summed E-state index contributed by atoms with van der Waals surface area (Å²) in [6.07, 6.45) is 0. The number of thiophene rings is 1. The van der Waals surface area contributed by atoms with Gasteiger partial charge in [0.15, 0.2) is 0 Å². The van der Waals surface area contributed by atoms with Crippen LogP contribution < -0.4 is 5.32 Å². The normalized spacial score (nSPS) is 12.8. The second-order valence-electron chi connectivity index (χ2n) is 2.98. The van der Waals surface area contributed by atoms with E-state index in [9.17, 15) is 0 Å². The molecule has 0 amide bonds. The van der Waals surface area contributed by atoms with Gasteiger partial charge in [-0.2, -0.15) is 0 Å². The molecular formula is C10H14BrNS. The van der Waals surface area contributed by atoms with Crippen molar-refractivity contribution in [2.75, 3.05) is 6.54 Å². The highest BCUT2D eigenvalue weighted by molar-refractivity contribution is 9.11. The third-order valence-corrected chi connectivity index (χ3v) is 3.47. The molecule has 1 heterocycles. The number of likely N-dealkylation sites (N-methyl/N-ethyl adjacent to an activating group) is 1. The van der Waals surface area contributed by atoms with E-state index in [1.54, 1.807) is 11.3 Å². The van der Waals surface area contributed by atoms with Crippen molar-refractivity contribution >= 4 is 27.3 Å². The number of nitrogens with one attached hydrogen (secondary N) is 1. The molecule has 1 rings (SSSR count). The number of hydrogen-bond acceptors (Lipinski definition) is 2. The highest BCUT2D eigenvalue weighted by Gasteiger charge is 2.12. The summed E-state index contributed by atoms with van der Waals surface area (Å²) in [6, 6.07) is 4.52. The van der Waals surface area contributed by atoms with Gasteiger partial charge in [0.05, 0.1) is 9.83 Å². The summed E-state index contributed by atoms with van der Waals surface area (Å²) in [7, 11) is 0. The lowest BCUT2D eigenvalue weighted by atomic mass is 10.1. The first-order chi connectivity index (χ1) is 6.15. The number of halogens is 1. The number of rotatable bonds is 4. The molecule has 1 N–H and O–H groups in total. The van der Waals surface area contributed by atoms with E-state index in [0.29, 0.717) is 6.04 Å². The minimum Gasteiger partial charge on any atom is -0.306 e. The van der Waals surface area contributed by atoms with E-state index in [-0.39, 0.29) is 0 Å². The van der Waals surface area contributed by atoms with Crippen molar-refractivity contribution in [1.82, 2.24) is 5.32 Å². The Bertz CT molecular complexity index is 293. The van der Waals surface area contributed by atoms with Gasteiger partial charge in [-0.05, 0) is 41.5 Å². The fraction of sp³-hybridized carbons (Fsp3) is 0.400. The Kier molecular flexibility index (Phi) is 4.16. The molecule has 72 valence electrons. The molecule has 0 bridgehead atoms.